The topological polar surface area (TPSA) is 73.0 Å². The van der Waals surface area contributed by atoms with Crippen molar-refractivity contribution >= 4 is 22.7 Å². The number of benzene rings is 2. The molecule has 0 unspecified atom stereocenters. The average Bonchev–Trinajstić information content (AvgIpc) is 3.33. The molecule has 1 fully saturated rings. The highest BCUT2D eigenvalue weighted by Crippen LogP contribution is 2.40. The minimum Gasteiger partial charge on any atom is -0.352 e. The normalized spacial score (nSPS) is 14.1. The smallest absolute Gasteiger partial charge is 0.269 e. The van der Waals surface area contributed by atoms with E-state index >= 15 is 0 Å². The predicted octanol–water partition coefficient (Wildman–Crippen LogP) is 3.89. The maximum atomic E-state index is 10.9. The van der Waals surface area contributed by atoms with Crippen molar-refractivity contribution in [2.24, 2.45) is 0 Å². The van der Waals surface area contributed by atoms with E-state index in [-0.39, 0.29) is 10.6 Å². The van der Waals surface area contributed by atoms with Gasteiger partial charge in [0.15, 0.2) is 0 Å². The van der Waals surface area contributed by atoms with Crippen LogP contribution in [0, 0.1) is 10.1 Å². The number of nitro groups is 1. The van der Waals surface area contributed by atoms with Gasteiger partial charge in [0.25, 0.3) is 5.69 Å². The van der Waals surface area contributed by atoms with Crippen LogP contribution in [-0.2, 0) is 6.54 Å². The summed E-state index contributed by atoms with van der Waals surface area (Å²) >= 11 is 0. The Labute approximate surface area is 132 Å². The molecule has 1 N–H and O–H groups in total. The van der Waals surface area contributed by atoms with E-state index in [4.69, 9.17) is 0 Å². The number of imidazole rings is 1. The Balaban J connectivity index is 1.62. The van der Waals surface area contributed by atoms with Crippen LogP contribution in [0.25, 0.3) is 11.0 Å². The zero-order chi connectivity index (χ0) is 15.8. The number of non-ortho nitro benzene ring substituents is 1. The molecular formula is C17H16N4O2. The van der Waals surface area contributed by atoms with Crippen LogP contribution in [0.3, 0.4) is 0 Å². The van der Waals surface area contributed by atoms with E-state index in [9.17, 15) is 10.1 Å². The van der Waals surface area contributed by atoms with Crippen molar-refractivity contribution in [3.8, 4) is 0 Å². The van der Waals surface area contributed by atoms with Gasteiger partial charge in [-0.3, -0.25) is 10.1 Å². The van der Waals surface area contributed by atoms with Crippen molar-refractivity contribution in [1.29, 1.82) is 0 Å². The third kappa shape index (κ3) is 2.63. The van der Waals surface area contributed by atoms with Crippen LogP contribution < -0.4 is 5.32 Å². The highest BCUT2D eigenvalue weighted by atomic mass is 16.6. The lowest BCUT2D eigenvalue weighted by Gasteiger charge is -2.09. The summed E-state index contributed by atoms with van der Waals surface area (Å²) in [6, 6.07) is 15.3. The second kappa shape index (κ2) is 5.39. The number of anilines is 1. The van der Waals surface area contributed by atoms with Crippen LogP contribution in [0.15, 0.2) is 48.5 Å². The predicted molar refractivity (Wildman–Crippen MR) is 88.4 cm³/mol. The van der Waals surface area contributed by atoms with Gasteiger partial charge in [-0.2, -0.15) is 0 Å². The van der Waals surface area contributed by atoms with Crippen LogP contribution in [-0.4, -0.2) is 14.5 Å². The average molecular weight is 308 g/mol. The molecule has 0 amide bonds. The van der Waals surface area contributed by atoms with Crippen LogP contribution >= 0.6 is 0 Å². The summed E-state index contributed by atoms with van der Waals surface area (Å²) in [4.78, 5) is 15.2. The Hall–Kier alpha value is -2.89. The number of nitrogens with zero attached hydrogens (tertiary/aromatic N) is 3. The van der Waals surface area contributed by atoms with Gasteiger partial charge in [0.1, 0.15) is 0 Å². The lowest BCUT2D eigenvalue weighted by atomic mass is 10.2. The van der Waals surface area contributed by atoms with Gasteiger partial charge in [-0.05, 0) is 30.5 Å². The summed E-state index contributed by atoms with van der Waals surface area (Å²) < 4.78 is 2.24. The molecule has 0 aliphatic heterocycles. The number of nitro benzene ring substituents is 1. The molecule has 0 saturated heterocycles. The zero-order valence-electron chi connectivity index (χ0n) is 12.5. The van der Waals surface area contributed by atoms with Crippen molar-refractivity contribution < 1.29 is 4.92 Å². The van der Waals surface area contributed by atoms with Crippen molar-refractivity contribution in [1.82, 2.24) is 9.55 Å². The van der Waals surface area contributed by atoms with Crippen LogP contribution in [0.5, 0.6) is 0 Å². The van der Waals surface area contributed by atoms with Crippen molar-refractivity contribution in [2.45, 2.75) is 25.4 Å². The highest BCUT2D eigenvalue weighted by Gasteiger charge is 2.28. The lowest BCUT2D eigenvalue weighted by Crippen LogP contribution is -2.07. The first-order chi connectivity index (χ1) is 11.2. The molecule has 2 aromatic carbocycles. The fourth-order valence-electron chi connectivity index (χ4n) is 2.83. The van der Waals surface area contributed by atoms with Gasteiger partial charge in [-0.1, -0.05) is 24.3 Å². The number of hydrogen-bond acceptors (Lipinski definition) is 4. The van der Waals surface area contributed by atoms with Gasteiger partial charge in [-0.15, -0.1) is 0 Å². The van der Waals surface area contributed by atoms with E-state index in [1.165, 1.54) is 18.9 Å². The molecule has 0 bridgehead atoms. The Kier molecular flexibility index (Phi) is 3.22. The molecule has 1 heterocycles. The highest BCUT2D eigenvalue weighted by molar-refractivity contribution is 5.79. The number of hydrogen-bond donors (Lipinski definition) is 1. The van der Waals surface area contributed by atoms with E-state index in [2.05, 4.69) is 20.9 Å². The summed E-state index contributed by atoms with van der Waals surface area (Å²) in [6.45, 7) is 0.512. The minimum atomic E-state index is -0.372. The third-order valence-corrected chi connectivity index (χ3v) is 4.08. The van der Waals surface area contributed by atoms with Crippen molar-refractivity contribution in [2.75, 3.05) is 5.32 Å². The molecule has 6 heteroatoms. The molecule has 0 atom stereocenters. The maximum Gasteiger partial charge on any atom is 0.269 e. The number of aromatic nitrogens is 2. The Morgan fingerprint density at radius 1 is 1.22 bits per heavy atom. The second-order valence-corrected chi connectivity index (χ2v) is 5.81. The summed E-state index contributed by atoms with van der Waals surface area (Å²) in [7, 11) is 0. The maximum absolute atomic E-state index is 10.9. The van der Waals surface area contributed by atoms with Crippen LogP contribution in [0.2, 0.25) is 0 Å². The Morgan fingerprint density at radius 3 is 2.83 bits per heavy atom. The van der Waals surface area contributed by atoms with Crippen molar-refractivity contribution in [3.63, 3.8) is 0 Å². The minimum absolute atomic E-state index is 0.111. The Bertz CT molecular complexity index is 883. The van der Waals surface area contributed by atoms with E-state index in [0.29, 0.717) is 12.6 Å². The van der Waals surface area contributed by atoms with E-state index in [1.807, 2.05) is 24.3 Å². The Morgan fingerprint density at radius 2 is 2.04 bits per heavy atom. The summed E-state index contributed by atoms with van der Waals surface area (Å²) in [6.07, 6.45) is 2.34. The number of fused-ring (bicyclic) bond motifs is 1. The molecule has 1 aliphatic carbocycles. The quantitative estimate of drug-likeness (QED) is 0.573. The molecule has 3 aromatic rings. The summed E-state index contributed by atoms with van der Waals surface area (Å²) in [5.74, 6) is 0.834. The van der Waals surface area contributed by atoms with Gasteiger partial charge < -0.3 is 9.88 Å². The molecule has 4 rings (SSSR count). The first-order valence-electron chi connectivity index (χ1n) is 7.66. The van der Waals surface area contributed by atoms with E-state index < -0.39 is 0 Å². The van der Waals surface area contributed by atoms with Gasteiger partial charge in [0.05, 0.1) is 16.0 Å². The van der Waals surface area contributed by atoms with Gasteiger partial charge in [0.2, 0.25) is 5.95 Å². The van der Waals surface area contributed by atoms with Crippen LogP contribution in [0.1, 0.15) is 24.4 Å². The lowest BCUT2D eigenvalue weighted by molar-refractivity contribution is -0.384. The van der Waals surface area contributed by atoms with Gasteiger partial charge in [0, 0.05) is 24.7 Å². The first kappa shape index (κ1) is 13.8. The van der Waals surface area contributed by atoms with Crippen LogP contribution in [0.4, 0.5) is 11.6 Å². The fourth-order valence-corrected chi connectivity index (χ4v) is 2.83. The molecule has 23 heavy (non-hydrogen) atoms. The molecule has 6 nitrogen and oxygen atoms in total. The number of rotatable bonds is 5. The molecule has 1 saturated carbocycles. The molecule has 116 valence electrons. The number of nitrogens with one attached hydrogen (secondary N) is 1. The molecular weight excluding hydrogens is 292 g/mol. The molecule has 0 radical (unpaired) electrons. The van der Waals surface area contributed by atoms with Gasteiger partial charge >= 0.3 is 0 Å². The van der Waals surface area contributed by atoms with Gasteiger partial charge in [-0.25, -0.2) is 4.98 Å². The third-order valence-electron chi connectivity index (χ3n) is 4.08. The van der Waals surface area contributed by atoms with E-state index in [1.54, 1.807) is 12.1 Å². The van der Waals surface area contributed by atoms with E-state index in [0.717, 1.165) is 22.5 Å². The number of para-hydroxylation sites is 2. The SMILES string of the molecule is O=[N+]([O-])c1cccc(CNc2nc3ccccc3n2C2CC2)c1. The first-order valence-corrected chi connectivity index (χ1v) is 7.66. The molecule has 0 spiro atoms. The molecule has 1 aliphatic rings. The zero-order valence-corrected chi connectivity index (χ0v) is 12.5. The molecule has 1 aromatic heterocycles. The standard InChI is InChI=1S/C17H16N4O2/c22-21(23)14-5-3-4-12(10-14)11-18-17-19-15-6-1-2-7-16(15)20(17)13-8-9-13/h1-7,10,13H,8-9,11H2,(H,18,19). The second-order valence-electron chi connectivity index (χ2n) is 5.81. The largest absolute Gasteiger partial charge is 0.352 e. The summed E-state index contributed by atoms with van der Waals surface area (Å²) in [5.41, 5.74) is 3.09. The van der Waals surface area contributed by atoms with Crippen molar-refractivity contribution in [3.05, 3.63) is 64.2 Å². The fraction of sp³-hybridized carbons (Fsp3) is 0.235. The monoisotopic (exact) mass is 308 g/mol. The summed E-state index contributed by atoms with van der Waals surface area (Å²) in [5, 5.41) is 14.2.